The van der Waals surface area contributed by atoms with Crippen LogP contribution in [-0.4, -0.2) is 44.4 Å². The van der Waals surface area contributed by atoms with Crippen molar-refractivity contribution < 1.29 is 18.9 Å². The van der Waals surface area contributed by atoms with E-state index in [9.17, 15) is 14.4 Å². The van der Waals surface area contributed by atoms with Gasteiger partial charge in [-0.3, -0.25) is 9.59 Å². The maximum Gasteiger partial charge on any atom is 0.323 e. The van der Waals surface area contributed by atoms with Crippen molar-refractivity contribution in [1.82, 2.24) is 25.3 Å². The van der Waals surface area contributed by atoms with Crippen molar-refractivity contribution in [1.29, 1.82) is 0 Å². The molecule has 0 bridgehead atoms. The van der Waals surface area contributed by atoms with Gasteiger partial charge in [-0.25, -0.2) is 9.78 Å². The molecule has 4 amide bonds. The van der Waals surface area contributed by atoms with E-state index in [0.29, 0.717) is 28.3 Å². The molecule has 5 aromatic rings. The first-order chi connectivity index (χ1) is 20.5. The Morgan fingerprint density at radius 3 is 2.53 bits per heavy atom. The van der Waals surface area contributed by atoms with Crippen LogP contribution in [0.5, 0.6) is 0 Å². The van der Waals surface area contributed by atoms with Crippen LogP contribution >= 0.6 is 0 Å². The van der Waals surface area contributed by atoms with Crippen molar-refractivity contribution in [3.8, 4) is 11.1 Å². The summed E-state index contributed by atoms with van der Waals surface area (Å²) in [6, 6.07) is 19.6. The molecule has 43 heavy (non-hydrogen) atoms. The molecule has 1 unspecified atom stereocenters. The third kappa shape index (κ3) is 4.99. The number of nitrogens with zero attached hydrogens (tertiary/aromatic N) is 3. The maximum atomic E-state index is 13.6. The van der Waals surface area contributed by atoms with Gasteiger partial charge in [0.05, 0.1) is 28.4 Å². The van der Waals surface area contributed by atoms with Crippen LogP contribution in [0.3, 0.4) is 0 Å². The number of aromatic amines is 1. The largest absolute Gasteiger partial charge is 0.366 e. The average Bonchev–Trinajstić information content (AvgIpc) is 3.56. The van der Waals surface area contributed by atoms with Crippen molar-refractivity contribution in [2.75, 3.05) is 11.9 Å². The number of nitrogens with one attached hydrogen (secondary N) is 3. The number of H-pyrrole nitrogens is 1. The van der Waals surface area contributed by atoms with Gasteiger partial charge in [0.25, 0.3) is 5.91 Å². The number of carbonyl (C=O) groups is 3. The molecule has 5 N–H and O–H groups in total. The highest BCUT2D eigenvalue weighted by Gasteiger charge is 2.37. The summed E-state index contributed by atoms with van der Waals surface area (Å²) >= 11 is 0. The molecule has 1 aliphatic rings. The third-order valence-electron chi connectivity index (χ3n) is 7.73. The quantitative estimate of drug-likeness (QED) is 0.215. The minimum Gasteiger partial charge on any atom is -0.366 e. The summed E-state index contributed by atoms with van der Waals surface area (Å²) in [5, 5.41) is 10.1. The van der Waals surface area contributed by atoms with Gasteiger partial charge in [0.15, 0.2) is 0 Å². The first kappa shape index (κ1) is 27.7. The van der Waals surface area contributed by atoms with Crippen LogP contribution in [0, 0.1) is 13.8 Å². The average molecular weight is 578 g/mol. The van der Waals surface area contributed by atoms with Gasteiger partial charge in [0.1, 0.15) is 23.6 Å². The molecule has 0 saturated carbocycles. The lowest BCUT2D eigenvalue weighted by molar-refractivity contribution is -0.123. The number of primary amides is 1. The zero-order valence-corrected chi connectivity index (χ0v) is 24.2. The van der Waals surface area contributed by atoms with Gasteiger partial charge in [-0.05, 0) is 63.1 Å². The van der Waals surface area contributed by atoms with Crippen LogP contribution in [0.25, 0.3) is 22.2 Å². The minimum absolute atomic E-state index is 0.226. The standard InChI is InChI=1S/C32H31N7O4/c1-17-26(18(2)43-38-17)20-13-14-23-22(15-20)28(19-9-6-5-7-10-19)39(31(42)35-23)16-25(40)37-32(3,4)30-34-24-12-8-11-21(29(33)41)27(24)36-30/h5-15,28H,16H2,1-4H3,(H2,33,41)(H,34,36)(H,35,42)(H,37,40). The van der Waals surface area contributed by atoms with E-state index in [0.717, 1.165) is 27.9 Å². The third-order valence-corrected chi connectivity index (χ3v) is 7.73. The number of anilines is 1. The fourth-order valence-electron chi connectivity index (χ4n) is 5.71. The van der Waals surface area contributed by atoms with Crippen molar-refractivity contribution in [2.45, 2.75) is 39.3 Å². The van der Waals surface area contributed by atoms with Gasteiger partial charge in [-0.1, -0.05) is 47.6 Å². The maximum absolute atomic E-state index is 13.6. The molecular weight excluding hydrogens is 546 g/mol. The Kier molecular flexibility index (Phi) is 6.72. The lowest BCUT2D eigenvalue weighted by Gasteiger charge is -2.38. The lowest BCUT2D eigenvalue weighted by atomic mass is 9.90. The molecule has 1 atom stereocenters. The van der Waals surface area contributed by atoms with E-state index < -0.39 is 23.5 Å². The van der Waals surface area contributed by atoms with E-state index in [2.05, 4.69) is 25.8 Å². The SMILES string of the molecule is Cc1noc(C)c1-c1ccc2c(c1)C(c1ccccc1)N(CC(=O)NC(C)(C)c1nc3c(C(N)=O)cccc3[nH]1)C(=O)N2. The summed E-state index contributed by atoms with van der Waals surface area (Å²) in [6.45, 7) is 7.11. The van der Waals surface area contributed by atoms with Gasteiger partial charge in [-0.15, -0.1) is 0 Å². The van der Waals surface area contributed by atoms with Gasteiger partial charge >= 0.3 is 6.03 Å². The summed E-state index contributed by atoms with van der Waals surface area (Å²) in [6.07, 6.45) is 0. The predicted molar refractivity (Wildman–Crippen MR) is 161 cm³/mol. The Balaban J connectivity index is 1.33. The predicted octanol–water partition coefficient (Wildman–Crippen LogP) is 4.92. The van der Waals surface area contributed by atoms with E-state index in [4.69, 9.17) is 10.3 Å². The number of hydrogen-bond acceptors (Lipinski definition) is 6. The van der Waals surface area contributed by atoms with Crippen LogP contribution in [0.15, 0.2) is 71.3 Å². The van der Waals surface area contributed by atoms with Crippen LogP contribution in [0.1, 0.15) is 58.7 Å². The minimum atomic E-state index is -0.964. The second-order valence-corrected chi connectivity index (χ2v) is 11.2. The molecule has 0 aliphatic carbocycles. The normalized spacial score (nSPS) is 14.8. The number of para-hydroxylation sites is 1. The van der Waals surface area contributed by atoms with E-state index in [1.807, 2.05) is 62.4 Å². The van der Waals surface area contributed by atoms with Crippen molar-refractivity contribution in [3.63, 3.8) is 0 Å². The number of benzene rings is 3. The molecule has 0 spiro atoms. The number of nitrogens with two attached hydrogens (primary N) is 1. The summed E-state index contributed by atoms with van der Waals surface area (Å²) in [5.74, 6) is 0.163. The highest BCUT2D eigenvalue weighted by atomic mass is 16.5. The van der Waals surface area contributed by atoms with E-state index in [1.165, 1.54) is 4.90 Å². The molecule has 2 aromatic heterocycles. The lowest BCUT2D eigenvalue weighted by Crippen LogP contribution is -2.51. The molecule has 0 radical (unpaired) electrons. The molecular formula is C32H31N7O4. The molecule has 1 aliphatic heterocycles. The van der Waals surface area contributed by atoms with Crippen LogP contribution in [0.2, 0.25) is 0 Å². The molecule has 218 valence electrons. The zero-order chi connectivity index (χ0) is 30.5. The molecule has 0 saturated heterocycles. The van der Waals surface area contributed by atoms with Gasteiger partial charge < -0.3 is 30.8 Å². The zero-order valence-electron chi connectivity index (χ0n) is 24.2. The Morgan fingerprint density at radius 2 is 1.84 bits per heavy atom. The van der Waals surface area contributed by atoms with Gasteiger partial charge in [0.2, 0.25) is 5.91 Å². The van der Waals surface area contributed by atoms with E-state index in [-0.39, 0.29) is 18.0 Å². The number of aromatic nitrogens is 3. The number of fused-ring (bicyclic) bond motifs is 2. The fourth-order valence-corrected chi connectivity index (χ4v) is 5.71. The Labute approximate surface area is 247 Å². The Bertz CT molecular complexity index is 1870. The first-order valence-corrected chi connectivity index (χ1v) is 13.8. The van der Waals surface area contributed by atoms with Crippen molar-refractivity contribution in [3.05, 3.63) is 101 Å². The summed E-state index contributed by atoms with van der Waals surface area (Å²) in [4.78, 5) is 48.3. The van der Waals surface area contributed by atoms with Crippen LogP contribution < -0.4 is 16.4 Å². The number of hydrogen-bond donors (Lipinski definition) is 4. The molecule has 11 nitrogen and oxygen atoms in total. The summed E-state index contributed by atoms with van der Waals surface area (Å²) < 4.78 is 5.40. The molecule has 3 aromatic carbocycles. The monoisotopic (exact) mass is 577 g/mol. The highest BCUT2D eigenvalue weighted by molar-refractivity contribution is 6.04. The number of aryl methyl sites for hydroxylation is 2. The van der Waals surface area contributed by atoms with Crippen molar-refractivity contribution in [2.24, 2.45) is 5.73 Å². The number of urea groups is 1. The molecule has 11 heteroatoms. The van der Waals surface area contributed by atoms with Gasteiger partial charge in [-0.2, -0.15) is 0 Å². The molecule has 3 heterocycles. The van der Waals surface area contributed by atoms with E-state index in [1.54, 1.807) is 32.0 Å². The van der Waals surface area contributed by atoms with Crippen molar-refractivity contribution >= 4 is 34.6 Å². The van der Waals surface area contributed by atoms with Gasteiger partial charge in [0, 0.05) is 16.8 Å². The first-order valence-electron chi connectivity index (χ1n) is 13.8. The van der Waals surface area contributed by atoms with Crippen LogP contribution in [-0.2, 0) is 10.3 Å². The Morgan fingerprint density at radius 1 is 1.07 bits per heavy atom. The summed E-state index contributed by atoms with van der Waals surface area (Å²) in [5.41, 5.74) is 10.8. The second kappa shape index (κ2) is 10.4. The fraction of sp³-hybridized carbons (Fsp3) is 0.219. The molecule has 6 rings (SSSR count). The smallest absolute Gasteiger partial charge is 0.323 e. The number of amides is 4. The Hall–Kier alpha value is -5.45. The molecule has 0 fully saturated rings. The second-order valence-electron chi connectivity index (χ2n) is 11.2. The number of rotatable bonds is 7. The number of imidazole rings is 1. The topological polar surface area (TPSA) is 159 Å². The summed E-state index contributed by atoms with van der Waals surface area (Å²) in [7, 11) is 0. The van der Waals surface area contributed by atoms with Crippen LogP contribution in [0.4, 0.5) is 10.5 Å². The van der Waals surface area contributed by atoms with E-state index >= 15 is 0 Å². The highest BCUT2D eigenvalue weighted by Crippen LogP contribution is 2.40. The number of carbonyl (C=O) groups excluding carboxylic acids is 3.